The fraction of sp³-hybridized carbons (Fsp3) is 0.250. The fourth-order valence-corrected chi connectivity index (χ4v) is 4.10. The molecule has 0 heterocycles. The molecule has 1 aliphatic carbocycles. The van der Waals surface area contributed by atoms with Crippen LogP contribution in [-0.4, -0.2) is 17.8 Å². The molecule has 6 heteroatoms. The van der Waals surface area contributed by atoms with E-state index in [1.807, 2.05) is 19.1 Å². The smallest absolute Gasteiger partial charge is 0.211 e. The van der Waals surface area contributed by atoms with Crippen molar-refractivity contribution >= 4 is 33.7 Å². The summed E-state index contributed by atoms with van der Waals surface area (Å²) < 4.78 is 0. The van der Waals surface area contributed by atoms with E-state index in [9.17, 15) is 9.59 Å². The van der Waals surface area contributed by atoms with E-state index in [0.29, 0.717) is 6.42 Å². The van der Waals surface area contributed by atoms with Gasteiger partial charge in [-0.3, -0.25) is 0 Å². The Kier molecular flexibility index (Phi) is 5.58. The molecular formula is C16H14N2O2S2. The van der Waals surface area contributed by atoms with Gasteiger partial charge in [-0.05, 0) is 31.6 Å². The molecular weight excluding hydrogens is 316 g/mol. The first-order valence-corrected chi connectivity index (χ1v) is 8.72. The van der Waals surface area contributed by atoms with Gasteiger partial charge in [-0.25, -0.2) is 9.59 Å². The van der Waals surface area contributed by atoms with Crippen molar-refractivity contribution in [3.05, 3.63) is 52.5 Å². The molecule has 0 radical (unpaired) electrons. The lowest BCUT2D eigenvalue weighted by atomic mass is 9.93. The summed E-state index contributed by atoms with van der Waals surface area (Å²) in [5.74, 6) is 0. The monoisotopic (exact) mass is 330 g/mol. The van der Waals surface area contributed by atoms with Crippen LogP contribution in [0.5, 0.6) is 0 Å². The summed E-state index contributed by atoms with van der Waals surface area (Å²) in [7, 11) is 3.18. The Morgan fingerprint density at radius 2 is 1.64 bits per heavy atom. The quantitative estimate of drug-likeness (QED) is 0.458. The zero-order valence-electron chi connectivity index (χ0n) is 12.2. The van der Waals surface area contributed by atoms with Gasteiger partial charge in [0.05, 0.1) is 0 Å². The van der Waals surface area contributed by atoms with Crippen LogP contribution >= 0.6 is 21.6 Å². The minimum absolute atomic E-state index is 0.364. The van der Waals surface area contributed by atoms with Crippen molar-refractivity contribution in [2.45, 2.75) is 30.8 Å². The van der Waals surface area contributed by atoms with Gasteiger partial charge >= 0.3 is 0 Å². The van der Waals surface area contributed by atoms with E-state index in [1.54, 1.807) is 28.5 Å². The molecule has 0 bridgehead atoms. The van der Waals surface area contributed by atoms with E-state index < -0.39 is 5.66 Å². The Bertz CT molecular complexity index is 692. The van der Waals surface area contributed by atoms with Crippen LogP contribution in [-0.2, 0) is 9.59 Å². The van der Waals surface area contributed by atoms with Crippen molar-refractivity contribution in [2.24, 2.45) is 9.98 Å². The lowest BCUT2D eigenvalue weighted by Crippen LogP contribution is -2.27. The maximum absolute atomic E-state index is 10.7. The Balaban J connectivity index is 2.14. The van der Waals surface area contributed by atoms with E-state index in [1.165, 1.54) is 17.7 Å². The molecule has 0 saturated carbocycles. The Morgan fingerprint density at radius 1 is 1.00 bits per heavy atom. The van der Waals surface area contributed by atoms with Crippen molar-refractivity contribution in [3.63, 3.8) is 0 Å². The number of hydrogen-bond acceptors (Lipinski definition) is 6. The minimum Gasteiger partial charge on any atom is -0.211 e. The highest BCUT2D eigenvalue weighted by Gasteiger charge is 2.35. The molecule has 0 N–H and O–H groups in total. The highest BCUT2D eigenvalue weighted by Crippen LogP contribution is 2.44. The Hall–Kier alpha value is -1.84. The molecule has 0 amide bonds. The molecule has 1 aliphatic rings. The Morgan fingerprint density at radius 3 is 2.23 bits per heavy atom. The summed E-state index contributed by atoms with van der Waals surface area (Å²) in [6.07, 6.45) is 7.17. The number of isocyanates is 2. The first-order valence-electron chi connectivity index (χ1n) is 6.57. The van der Waals surface area contributed by atoms with Crippen LogP contribution in [0.25, 0.3) is 0 Å². The second-order valence-corrected chi connectivity index (χ2v) is 7.19. The normalized spacial score (nSPS) is 20.3. The van der Waals surface area contributed by atoms with Crippen molar-refractivity contribution in [3.8, 4) is 0 Å². The van der Waals surface area contributed by atoms with Crippen LogP contribution in [0, 0.1) is 6.92 Å². The number of benzene rings is 1. The third kappa shape index (κ3) is 3.87. The summed E-state index contributed by atoms with van der Waals surface area (Å²) in [6, 6.07) is 8.22. The van der Waals surface area contributed by atoms with Gasteiger partial charge in [-0.15, -0.1) is 0 Å². The molecule has 112 valence electrons. The van der Waals surface area contributed by atoms with E-state index in [0.717, 1.165) is 15.4 Å². The standard InChI is InChI=1S/C16H14N2O2S2/c1-12-3-6-14(7-4-12)21-22-15-8-5-13(2)16(9-15,17-10-19)18-11-20/h3-8H,9H2,1-2H3. The number of allylic oxidation sites excluding steroid dienone is 2. The first-order chi connectivity index (χ1) is 10.6. The predicted octanol–water partition coefficient (Wildman–Crippen LogP) is 4.34. The molecule has 0 aromatic heterocycles. The highest BCUT2D eigenvalue weighted by atomic mass is 33.1. The second-order valence-electron chi connectivity index (χ2n) is 4.86. The average molecular weight is 330 g/mol. The number of aryl methyl sites for hydroxylation is 1. The summed E-state index contributed by atoms with van der Waals surface area (Å²) in [6.45, 7) is 3.83. The zero-order valence-corrected chi connectivity index (χ0v) is 13.8. The topological polar surface area (TPSA) is 58.9 Å². The summed E-state index contributed by atoms with van der Waals surface area (Å²) >= 11 is 0. The maximum atomic E-state index is 10.7. The van der Waals surface area contributed by atoms with Crippen LogP contribution in [0.15, 0.2) is 61.8 Å². The van der Waals surface area contributed by atoms with Gasteiger partial charge in [0.2, 0.25) is 12.2 Å². The van der Waals surface area contributed by atoms with Gasteiger partial charge < -0.3 is 0 Å². The molecule has 0 unspecified atom stereocenters. The Labute approximate surface area is 136 Å². The summed E-state index contributed by atoms with van der Waals surface area (Å²) in [5, 5.41) is 0. The number of hydrogen-bond donors (Lipinski definition) is 0. The van der Waals surface area contributed by atoms with E-state index in [2.05, 4.69) is 34.3 Å². The fourth-order valence-electron chi connectivity index (χ4n) is 1.98. The molecule has 1 aromatic carbocycles. The molecule has 0 fully saturated rings. The van der Waals surface area contributed by atoms with Crippen LogP contribution in [0.2, 0.25) is 0 Å². The lowest BCUT2D eigenvalue weighted by Gasteiger charge is -2.26. The maximum Gasteiger partial charge on any atom is 0.237 e. The third-order valence-electron chi connectivity index (χ3n) is 3.30. The van der Waals surface area contributed by atoms with Gasteiger partial charge in [0.25, 0.3) is 0 Å². The van der Waals surface area contributed by atoms with E-state index in [-0.39, 0.29) is 0 Å². The average Bonchev–Trinajstić information content (AvgIpc) is 2.51. The molecule has 1 aromatic rings. The molecule has 22 heavy (non-hydrogen) atoms. The van der Waals surface area contributed by atoms with Crippen LogP contribution in [0.1, 0.15) is 18.9 Å². The zero-order chi connectivity index (χ0) is 16.0. The van der Waals surface area contributed by atoms with Gasteiger partial charge in [0, 0.05) is 16.2 Å². The molecule has 0 aliphatic heterocycles. The van der Waals surface area contributed by atoms with Crippen molar-refractivity contribution < 1.29 is 9.59 Å². The summed E-state index contributed by atoms with van der Waals surface area (Å²) in [5.41, 5.74) is 0.752. The number of carbonyl (C=O) groups excluding carboxylic acids is 2. The second kappa shape index (κ2) is 7.43. The SMILES string of the molecule is CC1=CC=C(SSc2ccc(C)cc2)CC1(N=C=O)N=C=O. The number of nitrogens with zero attached hydrogens (tertiary/aromatic N) is 2. The number of aliphatic imine (C=N–C) groups is 2. The van der Waals surface area contributed by atoms with E-state index in [4.69, 9.17) is 0 Å². The van der Waals surface area contributed by atoms with Crippen molar-refractivity contribution in [2.75, 3.05) is 0 Å². The first kappa shape index (κ1) is 16.5. The number of rotatable bonds is 5. The minimum atomic E-state index is -1.19. The lowest BCUT2D eigenvalue weighted by molar-refractivity contribution is 0.493. The molecule has 0 spiro atoms. The van der Waals surface area contributed by atoms with E-state index >= 15 is 0 Å². The predicted molar refractivity (Wildman–Crippen MR) is 90.1 cm³/mol. The molecule has 0 saturated heterocycles. The van der Waals surface area contributed by atoms with Gasteiger partial charge in [0.15, 0.2) is 5.66 Å². The largest absolute Gasteiger partial charge is 0.237 e. The van der Waals surface area contributed by atoms with Crippen LogP contribution in [0.3, 0.4) is 0 Å². The van der Waals surface area contributed by atoms with Gasteiger partial charge in [-0.1, -0.05) is 51.4 Å². The third-order valence-corrected chi connectivity index (χ3v) is 5.81. The molecule has 4 nitrogen and oxygen atoms in total. The molecule has 0 atom stereocenters. The van der Waals surface area contributed by atoms with Gasteiger partial charge in [0.1, 0.15) is 0 Å². The van der Waals surface area contributed by atoms with Crippen molar-refractivity contribution in [1.82, 2.24) is 0 Å². The van der Waals surface area contributed by atoms with Crippen LogP contribution in [0.4, 0.5) is 0 Å². The van der Waals surface area contributed by atoms with Crippen molar-refractivity contribution in [1.29, 1.82) is 0 Å². The van der Waals surface area contributed by atoms with Crippen LogP contribution < -0.4 is 0 Å². The molecule has 2 rings (SSSR count). The highest BCUT2D eigenvalue weighted by molar-refractivity contribution is 8.78. The van der Waals surface area contributed by atoms with Gasteiger partial charge in [-0.2, -0.15) is 9.98 Å². The summed E-state index contributed by atoms with van der Waals surface area (Å²) in [4.78, 5) is 30.9.